The molecule has 0 bridgehead atoms. The molecule has 1 spiro atoms. The Bertz CT molecular complexity index is 500. The van der Waals surface area contributed by atoms with Crippen molar-refractivity contribution in [2.45, 2.75) is 50.4 Å². The fraction of sp³-hybridized carbons (Fsp3) is 0.667. The van der Waals surface area contributed by atoms with Crippen molar-refractivity contribution < 1.29 is 4.74 Å². The molecule has 0 aromatic heterocycles. The summed E-state index contributed by atoms with van der Waals surface area (Å²) in [6.45, 7) is 1.01. The maximum atomic E-state index is 6.26. The van der Waals surface area contributed by atoms with Gasteiger partial charge in [-0.3, -0.25) is 0 Å². The number of halogens is 1. The van der Waals surface area contributed by atoms with E-state index in [1.54, 1.807) is 7.11 Å². The predicted molar refractivity (Wildman–Crippen MR) is 88.4 cm³/mol. The van der Waals surface area contributed by atoms with Crippen LogP contribution in [0.1, 0.15) is 50.5 Å². The van der Waals surface area contributed by atoms with Crippen molar-refractivity contribution in [3.63, 3.8) is 0 Å². The largest absolute Gasteiger partial charge is 0.496 e. The van der Waals surface area contributed by atoms with Gasteiger partial charge in [0.05, 0.1) is 7.11 Å². The molecule has 3 heteroatoms. The van der Waals surface area contributed by atoms with E-state index in [2.05, 4.69) is 11.4 Å². The van der Waals surface area contributed by atoms with E-state index in [1.807, 2.05) is 19.2 Å². The third-order valence-electron chi connectivity index (χ3n) is 5.59. The Morgan fingerprint density at radius 2 is 1.90 bits per heavy atom. The molecule has 116 valence electrons. The summed E-state index contributed by atoms with van der Waals surface area (Å²) in [5, 5.41) is 4.21. The van der Waals surface area contributed by atoms with Crippen LogP contribution in [0.25, 0.3) is 0 Å². The van der Waals surface area contributed by atoms with E-state index in [-0.39, 0.29) is 5.41 Å². The Hall–Kier alpha value is -0.730. The van der Waals surface area contributed by atoms with Crippen molar-refractivity contribution >= 4 is 11.6 Å². The summed E-state index contributed by atoms with van der Waals surface area (Å²) < 4.78 is 5.62. The van der Waals surface area contributed by atoms with Crippen LogP contribution in [0.4, 0.5) is 0 Å². The third kappa shape index (κ3) is 2.68. The lowest BCUT2D eigenvalue weighted by Gasteiger charge is -2.59. The lowest BCUT2D eigenvalue weighted by Crippen LogP contribution is -2.55. The maximum absolute atomic E-state index is 6.26. The fourth-order valence-corrected chi connectivity index (χ4v) is 5.06. The highest BCUT2D eigenvalue weighted by Gasteiger charge is 2.55. The van der Waals surface area contributed by atoms with E-state index in [9.17, 15) is 0 Å². The van der Waals surface area contributed by atoms with Crippen molar-refractivity contribution in [3.8, 4) is 5.75 Å². The molecule has 21 heavy (non-hydrogen) atoms. The number of hydrogen-bond acceptors (Lipinski definition) is 2. The van der Waals surface area contributed by atoms with Gasteiger partial charge in [0.1, 0.15) is 5.75 Å². The van der Waals surface area contributed by atoms with Crippen molar-refractivity contribution in [1.29, 1.82) is 0 Å². The Labute approximate surface area is 133 Å². The molecule has 0 radical (unpaired) electrons. The molecule has 2 aliphatic rings. The van der Waals surface area contributed by atoms with Crippen LogP contribution in [-0.2, 0) is 5.41 Å². The Balaban J connectivity index is 1.91. The second-order valence-electron chi connectivity index (χ2n) is 7.07. The first-order valence-electron chi connectivity index (χ1n) is 8.12. The molecule has 1 aromatic rings. The molecule has 0 heterocycles. The first kappa shape index (κ1) is 15.2. The first-order chi connectivity index (χ1) is 10.1. The van der Waals surface area contributed by atoms with E-state index in [0.717, 1.165) is 17.3 Å². The topological polar surface area (TPSA) is 21.3 Å². The van der Waals surface area contributed by atoms with Gasteiger partial charge < -0.3 is 10.1 Å². The van der Waals surface area contributed by atoms with Gasteiger partial charge in [0.2, 0.25) is 0 Å². The molecular weight excluding hydrogens is 282 g/mol. The number of methoxy groups -OCH3 is 1. The van der Waals surface area contributed by atoms with Gasteiger partial charge >= 0.3 is 0 Å². The zero-order chi connectivity index (χ0) is 14.9. The second kappa shape index (κ2) is 5.81. The Morgan fingerprint density at radius 1 is 1.19 bits per heavy atom. The van der Waals surface area contributed by atoms with E-state index in [1.165, 1.54) is 50.5 Å². The van der Waals surface area contributed by atoms with Gasteiger partial charge in [0, 0.05) is 22.5 Å². The molecule has 2 nitrogen and oxygen atoms in total. The average molecular weight is 308 g/mol. The minimum atomic E-state index is 0.197. The van der Waals surface area contributed by atoms with Gasteiger partial charge in [-0.15, -0.1) is 0 Å². The molecule has 2 fully saturated rings. The summed E-state index contributed by atoms with van der Waals surface area (Å²) in [6, 6.07) is 6.06. The second-order valence-corrected chi connectivity index (χ2v) is 7.51. The Kier molecular flexibility index (Phi) is 4.20. The van der Waals surface area contributed by atoms with Crippen LogP contribution in [0.2, 0.25) is 5.02 Å². The number of benzene rings is 1. The minimum Gasteiger partial charge on any atom is -0.496 e. The average Bonchev–Trinajstić information content (AvgIpc) is 2.46. The minimum absolute atomic E-state index is 0.197. The van der Waals surface area contributed by atoms with E-state index in [4.69, 9.17) is 16.3 Å². The number of hydrogen-bond donors (Lipinski definition) is 1. The zero-order valence-corrected chi connectivity index (χ0v) is 13.9. The molecule has 2 aliphatic carbocycles. The summed E-state index contributed by atoms with van der Waals surface area (Å²) in [6.07, 6.45) is 9.59. The van der Waals surface area contributed by atoms with Crippen molar-refractivity contribution in [2.75, 3.05) is 20.7 Å². The standard InChI is InChI=1S/C18H26ClNO/c1-20-13-18(11-17(12-18)8-4-3-5-9-17)15-10-14(19)6-7-16(15)21-2/h6-7,10,20H,3-5,8-9,11-13H2,1-2H3. The van der Waals surface area contributed by atoms with Gasteiger partial charge in [-0.05, 0) is 56.3 Å². The van der Waals surface area contributed by atoms with Gasteiger partial charge in [0.25, 0.3) is 0 Å². The highest BCUT2D eigenvalue weighted by Crippen LogP contribution is 2.62. The zero-order valence-electron chi connectivity index (χ0n) is 13.2. The lowest BCUT2D eigenvalue weighted by molar-refractivity contribution is -0.0129. The van der Waals surface area contributed by atoms with Gasteiger partial charge in [-0.25, -0.2) is 0 Å². The SMILES string of the molecule is CNCC1(c2cc(Cl)ccc2OC)CC2(CCCCC2)C1. The van der Waals surface area contributed by atoms with Crippen molar-refractivity contribution in [2.24, 2.45) is 5.41 Å². The number of likely N-dealkylation sites (N-methyl/N-ethyl adjacent to an activating group) is 1. The lowest BCUT2D eigenvalue weighted by atomic mass is 9.46. The van der Waals surface area contributed by atoms with E-state index in [0.29, 0.717) is 5.41 Å². The highest BCUT2D eigenvalue weighted by atomic mass is 35.5. The quantitative estimate of drug-likeness (QED) is 0.881. The molecule has 1 N–H and O–H groups in total. The molecule has 0 atom stereocenters. The number of rotatable bonds is 4. The first-order valence-corrected chi connectivity index (χ1v) is 8.50. The highest BCUT2D eigenvalue weighted by molar-refractivity contribution is 6.30. The summed E-state index contributed by atoms with van der Waals surface area (Å²) in [5.41, 5.74) is 2.08. The molecule has 0 amide bonds. The summed E-state index contributed by atoms with van der Waals surface area (Å²) >= 11 is 6.26. The smallest absolute Gasteiger partial charge is 0.122 e. The van der Waals surface area contributed by atoms with Crippen molar-refractivity contribution in [3.05, 3.63) is 28.8 Å². The fourth-order valence-electron chi connectivity index (χ4n) is 4.88. The summed E-state index contributed by atoms with van der Waals surface area (Å²) in [4.78, 5) is 0. The monoisotopic (exact) mass is 307 g/mol. The van der Waals surface area contributed by atoms with Crippen LogP contribution in [-0.4, -0.2) is 20.7 Å². The van der Waals surface area contributed by atoms with Crippen LogP contribution in [0, 0.1) is 5.41 Å². The van der Waals surface area contributed by atoms with Crippen LogP contribution < -0.4 is 10.1 Å². The van der Waals surface area contributed by atoms with Crippen LogP contribution >= 0.6 is 11.6 Å². The normalized spacial score (nSPS) is 22.8. The Morgan fingerprint density at radius 3 is 2.52 bits per heavy atom. The summed E-state index contributed by atoms with van der Waals surface area (Å²) in [7, 11) is 3.81. The molecule has 0 unspecified atom stereocenters. The molecule has 3 rings (SSSR count). The van der Waals surface area contributed by atoms with E-state index < -0.39 is 0 Å². The van der Waals surface area contributed by atoms with Crippen LogP contribution in [0.5, 0.6) is 5.75 Å². The maximum Gasteiger partial charge on any atom is 0.122 e. The third-order valence-corrected chi connectivity index (χ3v) is 5.82. The molecule has 0 saturated heterocycles. The van der Waals surface area contributed by atoms with Gasteiger partial charge in [0.15, 0.2) is 0 Å². The van der Waals surface area contributed by atoms with E-state index >= 15 is 0 Å². The predicted octanol–water partition coefficient (Wildman–Crippen LogP) is 4.55. The number of ether oxygens (including phenoxy) is 1. The van der Waals surface area contributed by atoms with Gasteiger partial charge in [-0.1, -0.05) is 30.9 Å². The van der Waals surface area contributed by atoms with Gasteiger partial charge in [-0.2, -0.15) is 0 Å². The molecule has 0 aliphatic heterocycles. The molecule has 1 aromatic carbocycles. The molecule has 2 saturated carbocycles. The number of nitrogens with one attached hydrogen (secondary N) is 1. The van der Waals surface area contributed by atoms with Crippen molar-refractivity contribution in [1.82, 2.24) is 5.32 Å². The van der Waals surface area contributed by atoms with Crippen LogP contribution in [0.15, 0.2) is 18.2 Å². The summed E-state index contributed by atoms with van der Waals surface area (Å²) in [5.74, 6) is 0.986. The molecular formula is C18H26ClNO. The van der Waals surface area contributed by atoms with Crippen LogP contribution in [0.3, 0.4) is 0 Å².